The van der Waals surface area contributed by atoms with Gasteiger partial charge in [0.15, 0.2) is 0 Å². The number of amides is 2. The number of carbonyl (C=O) groups is 3. The van der Waals surface area contributed by atoms with Crippen LogP contribution >= 0.6 is 35.1 Å². The Morgan fingerprint density at radius 3 is 2.71 bits per heavy atom. The first-order chi connectivity index (χ1) is 16.1. The first-order valence-corrected chi connectivity index (χ1v) is 12.8. The summed E-state index contributed by atoms with van der Waals surface area (Å²) in [6.07, 6.45) is 0. The van der Waals surface area contributed by atoms with Crippen LogP contribution in [0.4, 0.5) is 0 Å². The minimum atomic E-state index is -1.18. The minimum absolute atomic E-state index is 0.0350. The number of tetrazole rings is 1. The van der Waals surface area contributed by atoms with E-state index in [1.807, 2.05) is 6.92 Å². The summed E-state index contributed by atoms with van der Waals surface area (Å²) in [6.45, 7) is 5.68. The first kappa shape index (κ1) is 24.5. The topological polar surface area (TPSA) is 148 Å². The molecule has 0 saturated carbocycles. The van der Waals surface area contributed by atoms with Crippen LogP contribution in [-0.2, 0) is 28.0 Å². The van der Waals surface area contributed by atoms with Crippen molar-refractivity contribution in [3.63, 3.8) is 0 Å². The van der Waals surface area contributed by atoms with Crippen molar-refractivity contribution in [3.05, 3.63) is 27.7 Å². The zero-order chi connectivity index (χ0) is 24.7. The van der Waals surface area contributed by atoms with Crippen molar-refractivity contribution in [1.29, 1.82) is 0 Å². The molecule has 0 unspecified atom stereocenters. The van der Waals surface area contributed by atoms with Gasteiger partial charge in [0, 0.05) is 18.6 Å². The number of rotatable bonds is 8. The SMILES string of the molecule is Cc1nn(C[C@@H](C)C(=O)N[C@H]2C(=O)N3C(C(=O)O)=C(CSc4nnnn4C)CS[C@H]23)c(C)c1Cl. The fourth-order valence-electron chi connectivity index (χ4n) is 3.78. The molecule has 4 rings (SSSR count). The number of aliphatic carboxylic acids is 1. The Balaban J connectivity index is 1.42. The van der Waals surface area contributed by atoms with Crippen LogP contribution < -0.4 is 5.32 Å². The molecular formula is C19H23ClN8O4S2. The van der Waals surface area contributed by atoms with Crippen LogP contribution in [0.15, 0.2) is 16.4 Å². The van der Waals surface area contributed by atoms with E-state index in [1.165, 1.54) is 33.1 Å². The number of carboxylic acids is 1. The third-order valence-corrected chi connectivity index (χ3v) is 8.68. The Kier molecular flexibility index (Phi) is 6.92. The van der Waals surface area contributed by atoms with Crippen molar-refractivity contribution in [2.75, 3.05) is 11.5 Å². The van der Waals surface area contributed by atoms with E-state index in [-0.39, 0.29) is 11.6 Å². The average molecular weight is 527 g/mol. The molecule has 0 aliphatic carbocycles. The van der Waals surface area contributed by atoms with Crippen molar-refractivity contribution in [1.82, 2.24) is 40.2 Å². The van der Waals surface area contributed by atoms with E-state index >= 15 is 0 Å². The smallest absolute Gasteiger partial charge is 0.352 e. The first-order valence-electron chi connectivity index (χ1n) is 10.3. The molecule has 2 N–H and O–H groups in total. The van der Waals surface area contributed by atoms with E-state index in [0.29, 0.717) is 39.5 Å². The highest BCUT2D eigenvalue weighted by Gasteiger charge is 2.54. The maximum atomic E-state index is 12.9. The van der Waals surface area contributed by atoms with E-state index in [4.69, 9.17) is 11.6 Å². The number of β-lactam (4-membered cyclic amide) rings is 1. The number of thioether (sulfide) groups is 2. The Hall–Kier alpha value is -2.58. The summed E-state index contributed by atoms with van der Waals surface area (Å²) in [5.41, 5.74) is 2.03. The van der Waals surface area contributed by atoms with Crippen LogP contribution in [0.5, 0.6) is 0 Å². The van der Waals surface area contributed by atoms with E-state index in [0.717, 1.165) is 5.69 Å². The van der Waals surface area contributed by atoms with Gasteiger partial charge in [0.2, 0.25) is 11.1 Å². The number of halogens is 1. The summed E-state index contributed by atoms with van der Waals surface area (Å²) < 4.78 is 3.17. The largest absolute Gasteiger partial charge is 0.477 e. The number of hydrogen-bond donors (Lipinski definition) is 2. The van der Waals surface area contributed by atoms with E-state index in [9.17, 15) is 19.5 Å². The predicted molar refractivity (Wildman–Crippen MR) is 125 cm³/mol. The lowest BCUT2D eigenvalue weighted by Crippen LogP contribution is -2.71. The highest BCUT2D eigenvalue weighted by molar-refractivity contribution is 8.01. The fourth-order valence-corrected chi connectivity index (χ4v) is 6.25. The normalized spacial score (nSPS) is 20.7. The lowest BCUT2D eigenvalue weighted by molar-refractivity contribution is -0.151. The molecule has 1 fully saturated rings. The average Bonchev–Trinajstić information content (AvgIpc) is 3.32. The molecule has 34 heavy (non-hydrogen) atoms. The number of carbonyl (C=O) groups excluding carboxylic acids is 2. The third kappa shape index (κ3) is 4.41. The van der Waals surface area contributed by atoms with Crippen LogP contribution in [-0.4, -0.2) is 80.7 Å². The van der Waals surface area contributed by atoms with Gasteiger partial charge in [-0.15, -0.1) is 16.9 Å². The molecule has 12 nitrogen and oxygen atoms in total. The second-order valence-corrected chi connectivity index (χ2v) is 10.5. The zero-order valence-corrected chi connectivity index (χ0v) is 21.2. The van der Waals surface area contributed by atoms with Crippen LogP contribution in [0, 0.1) is 19.8 Å². The number of carboxylic acid groups (broad SMARTS) is 1. The standard InChI is InChI=1S/C19H23ClN8O4S2/c1-8(5-27-10(3)12(20)9(2)23-27)15(29)21-13-16(30)28-14(18(31)32)11(6-33-17(13)28)7-34-19-22-24-25-26(19)4/h8,13,17H,5-7H2,1-4H3,(H,21,29)(H,31,32)/t8-,13+,17-/m1/s1. The van der Waals surface area contributed by atoms with Gasteiger partial charge in [0.05, 0.1) is 28.9 Å². The quantitative estimate of drug-likeness (QED) is 0.374. The fraction of sp³-hybridized carbons (Fsp3) is 0.526. The van der Waals surface area contributed by atoms with Gasteiger partial charge in [0.25, 0.3) is 5.91 Å². The van der Waals surface area contributed by atoms with Crippen molar-refractivity contribution in [2.24, 2.45) is 13.0 Å². The number of hydrogen-bond acceptors (Lipinski definition) is 9. The third-order valence-electron chi connectivity index (χ3n) is 5.69. The minimum Gasteiger partial charge on any atom is -0.477 e. The molecular weight excluding hydrogens is 504 g/mol. The van der Waals surface area contributed by atoms with Crippen molar-refractivity contribution < 1.29 is 19.5 Å². The zero-order valence-electron chi connectivity index (χ0n) is 18.9. The molecule has 2 aliphatic heterocycles. The van der Waals surface area contributed by atoms with Gasteiger partial charge in [-0.3, -0.25) is 19.2 Å². The molecule has 15 heteroatoms. The number of aromatic nitrogens is 6. The summed E-state index contributed by atoms with van der Waals surface area (Å²) in [5.74, 6) is -1.64. The number of nitrogens with zero attached hydrogens (tertiary/aromatic N) is 7. The number of fused-ring (bicyclic) bond motifs is 1. The maximum Gasteiger partial charge on any atom is 0.352 e. The van der Waals surface area contributed by atoms with E-state index in [1.54, 1.807) is 25.6 Å². The van der Waals surface area contributed by atoms with Crippen molar-refractivity contribution >= 4 is 52.9 Å². The maximum absolute atomic E-state index is 12.9. The molecule has 0 aromatic carbocycles. The van der Waals surface area contributed by atoms with E-state index in [2.05, 4.69) is 25.9 Å². The molecule has 2 aromatic heterocycles. The Morgan fingerprint density at radius 1 is 1.38 bits per heavy atom. The van der Waals surface area contributed by atoms with Gasteiger partial charge < -0.3 is 10.4 Å². The summed E-state index contributed by atoms with van der Waals surface area (Å²) in [4.78, 5) is 39.0. The Bertz CT molecular complexity index is 1200. The molecule has 0 bridgehead atoms. The molecule has 182 valence electrons. The molecule has 2 aromatic rings. The summed E-state index contributed by atoms with van der Waals surface area (Å²) >= 11 is 8.90. The highest BCUT2D eigenvalue weighted by Crippen LogP contribution is 2.41. The predicted octanol–water partition coefficient (Wildman–Crippen LogP) is 0.844. The van der Waals surface area contributed by atoms with E-state index < -0.39 is 29.2 Å². The molecule has 0 radical (unpaired) electrons. The molecule has 3 atom stereocenters. The molecule has 2 amide bonds. The molecule has 2 aliphatic rings. The lowest BCUT2D eigenvalue weighted by atomic mass is 10.0. The van der Waals surface area contributed by atoms with Gasteiger partial charge in [-0.2, -0.15) is 5.10 Å². The number of aryl methyl sites for hydroxylation is 2. The molecule has 0 spiro atoms. The van der Waals surface area contributed by atoms with Crippen molar-refractivity contribution in [3.8, 4) is 0 Å². The summed E-state index contributed by atoms with van der Waals surface area (Å²) in [7, 11) is 1.69. The van der Waals surface area contributed by atoms with Gasteiger partial charge >= 0.3 is 5.97 Å². The van der Waals surface area contributed by atoms with Crippen LogP contribution in [0.2, 0.25) is 5.02 Å². The highest BCUT2D eigenvalue weighted by atomic mass is 35.5. The molecule has 4 heterocycles. The van der Waals surface area contributed by atoms with Crippen molar-refractivity contribution in [2.45, 2.75) is 43.9 Å². The van der Waals surface area contributed by atoms with Crippen LogP contribution in [0.3, 0.4) is 0 Å². The monoisotopic (exact) mass is 526 g/mol. The lowest BCUT2D eigenvalue weighted by Gasteiger charge is -2.49. The summed E-state index contributed by atoms with van der Waals surface area (Å²) in [5, 5.41) is 28.8. The van der Waals surface area contributed by atoms with Gasteiger partial charge in [-0.05, 0) is 29.8 Å². The second-order valence-electron chi connectivity index (χ2n) is 8.10. The Morgan fingerprint density at radius 2 is 2.12 bits per heavy atom. The van der Waals surface area contributed by atoms with Crippen LogP contribution in [0.25, 0.3) is 0 Å². The van der Waals surface area contributed by atoms with Crippen LogP contribution in [0.1, 0.15) is 18.3 Å². The Labute approximate surface area is 208 Å². The molecule has 1 saturated heterocycles. The van der Waals surface area contributed by atoms with Gasteiger partial charge in [0.1, 0.15) is 17.1 Å². The van der Waals surface area contributed by atoms with Gasteiger partial charge in [-0.1, -0.05) is 30.3 Å². The van der Waals surface area contributed by atoms with Gasteiger partial charge in [-0.25, -0.2) is 9.48 Å². The summed E-state index contributed by atoms with van der Waals surface area (Å²) in [6, 6.07) is -0.782. The second kappa shape index (κ2) is 9.58. The number of nitrogens with one attached hydrogen (secondary N) is 1.